The van der Waals surface area contributed by atoms with Crippen LogP contribution >= 0.6 is 11.3 Å². The molecule has 4 nitrogen and oxygen atoms in total. The molecule has 0 aliphatic carbocycles. The van der Waals surface area contributed by atoms with Gasteiger partial charge in [0.1, 0.15) is 0 Å². The molecule has 0 bridgehead atoms. The molecular formula is C15H16N2O2S2. The van der Waals surface area contributed by atoms with Crippen molar-refractivity contribution in [3.63, 3.8) is 0 Å². The molecule has 0 saturated heterocycles. The molecule has 0 fully saturated rings. The molecule has 0 aliphatic heterocycles. The minimum Gasteiger partial charge on any atom is -0.320 e. The summed E-state index contributed by atoms with van der Waals surface area (Å²) in [5.41, 5.74) is 7.04. The molecule has 0 amide bonds. The summed E-state index contributed by atoms with van der Waals surface area (Å²) in [6.45, 7) is 2.50. The van der Waals surface area contributed by atoms with Gasteiger partial charge >= 0.3 is 0 Å². The molecule has 6 heteroatoms. The first-order chi connectivity index (χ1) is 10.0. The Hall–Kier alpha value is -1.65. The lowest BCUT2D eigenvalue weighted by atomic mass is 10.2. The zero-order valence-electron chi connectivity index (χ0n) is 11.6. The van der Waals surface area contributed by atoms with Gasteiger partial charge in [-0.1, -0.05) is 17.9 Å². The van der Waals surface area contributed by atoms with Gasteiger partial charge in [0.15, 0.2) is 0 Å². The Bertz CT molecular complexity index is 783. The first kappa shape index (κ1) is 15.7. The summed E-state index contributed by atoms with van der Waals surface area (Å²) < 4.78 is 27.2. The number of hydrogen-bond donors (Lipinski definition) is 2. The number of aryl methyl sites for hydroxylation is 1. The van der Waals surface area contributed by atoms with Gasteiger partial charge < -0.3 is 5.73 Å². The highest BCUT2D eigenvalue weighted by atomic mass is 32.2. The lowest BCUT2D eigenvalue weighted by Crippen LogP contribution is -2.23. The van der Waals surface area contributed by atoms with Crippen molar-refractivity contribution in [2.45, 2.75) is 18.4 Å². The number of nitrogens with one attached hydrogen (secondary N) is 1. The Morgan fingerprint density at radius 2 is 2.14 bits per heavy atom. The van der Waals surface area contributed by atoms with Gasteiger partial charge in [0, 0.05) is 17.0 Å². The number of thiophene rings is 1. The third-order valence-electron chi connectivity index (χ3n) is 2.87. The van der Waals surface area contributed by atoms with Crippen LogP contribution in [0.15, 0.2) is 40.6 Å². The van der Waals surface area contributed by atoms with E-state index < -0.39 is 10.0 Å². The summed E-state index contributed by atoms with van der Waals surface area (Å²) in [7, 11) is -3.54. The first-order valence-electron chi connectivity index (χ1n) is 6.34. The van der Waals surface area contributed by atoms with E-state index in [0.29, 0.717) is 12.1 Å². The Labute approximate surface area is 129 Å². The zero-order valence-corrected chi connectivity index (χ0v) is 13.2. The van der Waals surface area contributed by atoms with Crippen molar-refractivity contribution < 1.29 is 8.42 Å². The van der Waals surface area contributed by atoms with Crippen molar-refractivity contribution in [3.8, 4) is 11.8 Å². The first-order valence-corrected chi connectivity index (χ1v) is 8.71. The second-order valence-electron chi connectivity index (χ2n) is 4.39. The van der Waals surface area contributed by atoms with Crippen LogP contribution in [0.3, 0.4) is 0 Å². The fraction of sp³-hybridized carbons (Fsp3) is 0.200. The van der Waals surface area contributed by atoms with Crippen molar-refractivity contribution >= 4 is 21.4 Å². The molecule has 0 aliphatic rings. The van der Waals surface area contributed by atoms with Crippen LogP contribution in [0.4, 0.5) is 0 Å². The highest BCUT2D eigenvalue weighted by Gasteiger charge is 2.14. The maximum Gasteiger partial charge on any atom is 0.240 e. The molecule has 3 N–H and O–H groups in total. The molecule has 0 spiro atoms. The quantitative estimate of drug-likeness (QED) is 0.845. The number of hydrogen-bond acceptors (Lipinski definition) is 4. The van der Waals surface area contributed by atoms with Crippen LogP contribution in [0, 0.1) is 18.8 Å². The predicted octanol–water partition coefficient (Wildman–Crippen LogP) is 1.85. The third kappa shape index (κ3) is 4.16. The third-order valence-corrected chi connectivity index (χ3v) is 5.29. The average molecular weight is 320 g/mol. The topological polar surface area (TPSA) is 72.2 Å². The molecule has 2 aromatic rings. The van der Waals surface area contributed by atoms with Crippen molar-refractivity contribution in [2.24, 2.45) is 5.73 Å². The highest BCUT2D eigenvalue weighted by molar-refractivity contribution is 7.89. The summed E-state index contributed by atoms with van der Waals surface area (Å²) in [4.78, 5) is 1.22. The van der Waals surface area contributed by atoms with Gasteiger partial charge in [0.25, 0.3) is 0 Å². The minimum atomic E-state index is -3.54. The van der Waals surface area contributed by atoms with E-state index in [1.54, 1.807) is 24.3 Å². The Kier molecular flexibility index (Phi) is 5.15. The van der Waals surface area contributed by atoms with Crippen molar-refractivity contribution in [1.82, 2.24) is 4.72 Å². The molecular weight excluding hydrogens is 304 g/mol. The largest absolute Gasteiger partial charge is 0.320 e. The lowest BCUT2D eigenvalue weighted by Gasteiger charge is -2.06. The highest BCUT2D eigenvalue weighted by Crippen LogP contribution is 2.17. The fourth-order valence-corrected chi connectivity index (χ4v) is 3.70. The lowest BCUT2D eigenvalue weighted by molar-refractivity contribution is 0.581. The number of nitrogens with two attached hydrogens (primary N) is 1. The van der Waals surface area contributed by atoms with E-state index in [-0.39, 0.29) is 11.4 Å². The summed E-state index contributed by atoms with van der Waals surface area (Å²) in [6, 6.07) is 8.50. The molecule has 1 heterocycles. The van der Waals surface area contributed by atoms with E-state index in [9.17, 15) is 8.42 Å². The molecule has 110 valence electrons. The van der Waals surface area contributed by atoms with Crippen LogP contribution in [0.2, 0.25) is 0 Å². The van der Waals surface area contributed by atoms with Crippen LogP contribution in [0.5, 0.6) is 0 Å². The summed E-state index contributed by atoms with van der Waals surface area (Å²) in [5, 5.41) is 1.95. The van der Waals surface area contributed by atoms with Gasteiger partial charge in [0.05, 0.1) is 11.4 Å². The van der Waals surface area contributed by atoms with Gasteiger partial charge in [-0.25, -0.2) is 13.1 Å². The van der Waals surface area contributed by atoms with Crippen LogP contribution in [0.25, 0.3) is 0 Å². The van der Waals surface area contributed by atoms with E-state index in [1.807, 2.05) is 18.4 Å². The fourth-order valence-electron chi connectivity index (χ4n) is 1.72. The molecule has 0 radical (unpaired) electrons. The van der Waals surface area contributed by atoms with Crippen molar-refractivity contribution in [3.05, 3.63) is 51.7 Å². The second-order valence-corrected chi connectivity index (χ2v) is 7.15. The minimum absolute atomic E-state index is 0.209. The molecule has 0 atom stereocenters. The van der Waals surface area contributed by atoms with Gasteiger partial charge in [-0.3, -0.25) is 0 Å². The maximum atomic E-state index is 12.3. The Morgan fingerprint density at radius 3 is 2.81 bits per heavy atom. The molecule has 21 heavy (non-hydrogen) atoms. The van der Waals surface area contributed by atoms with Gasteiger partial charge in [0.2, 0.25) is 10.0 Å². The molecule has 2 rings (SSSR count). The zero-order chi connectivity index (χ0) is 15.3. The van der Waals surface area contributed by atoms with Gasteiger partial charge in [-0.15, -0.1) is 11.3 Å². The van der Waals surface area contributed by atoms with Crippen LogP contribution in [-0.2, 0) is 16.6 Å². The maximum absolute atomic E-state index is 12.3. The van der Waals surface area contributed by atoms with Gasteiger partial charge in [-0.05, 0) is 42.1 Å². The molecule has 1 aromatic heterocycles. The summed E-state index contributed by atoms with van der Waals surface area (Å²) in [5.74, 6) is 5.54. The monoisotopic (exact) mass is 320 g/mol. The van der Waals surface area contributed by atoms with E-state index in [1.165, 1.54) is 11.3 Å². The van der Waals surface area contributed by atoms with Gasteiger partial charge in [-0.2, -0.15) is 0 Å². The standard InChI is InChI=1S/C15H16N2O2S2/c1-12-7-9-20-15(12)11-17-21(18,19)14-6-2-4-13(10-14)5-3-8-16/h2,4,6-7,9-10,17H,8,11,16H2,1H3. The Balaban J connectivity index is 2.17. The van der Waals surface area contributed by atoms with Crippen molar-refractivity contribution in [1.29, 1.82) is 0 Å². The van der Waals surface area contributed by atoms with Crippen molar-refractivity contribution in [2.75, 3.05) is 6.54 Å². The van der Waals surface area contributed by atoms with Crippen LogP contribution < -0.4 is 10.5 Å². The normalized spacial score (nSPS) is 11.0. The predicted molar refractivity (Wildman–Crippen MR) is 85.5 cm³/mol. The smallest absolute Gasteiger partial charge is 0.240 e. The summed E-state index contributed by atoms with van der Waals surface area (Å²) >= 11 is 1.54. The van der Waals surface area contributed by atoms with Crippen LogP contribution in [0.1, 0.15) is 16.0 Å². The van der Waals surface area contributed by atoms with E-state index >= 15 is 0 Å². The summed E-state index contributed by atoms with van der Waals surface area (Å²) in [6.07, 6.45) is 0. The van der Waals surface area contributed by atoms with E-state index in [0.717, 1.165) is 10.4 Å². The molecule has 0 unspecified atom stereocenters. The number of benzene rings is 1. The molecule has 0 saturated carbocycles. The van der Waals surface area contributed by atoms with E-state index in [2.05, 4.69) is 16.6 Å². The van der Waals surface area contributed by atoms with Crippen LogP contribution in [-0.4, -0.2) is 15.0 Å². The second kappa shape index (κ2) is 6.87. The Morgan fingerprint density at radius 1 is 1.33 bits per heavy atom. The van der Waals surface area contributed by atoms with E-state index in [4.69, 9.17) is 5.73 Å². The average Bonchev–Trinajstić information content (AvgIpc) is 2.89. The number of sulfonamides is 1. The molecule has 1 aromatic carbocycles. The SMILES string of the molecule is Cc1ccsc1CNS(=O)(=O)c1cccc(C#CCN)c1. The number of rotatable bonds is 4.